The Morgan fingerprint density at radius 2 is 2.18 bits per heavy atom. The highest BCUT2D eigenvalue weighted by Crippen LogP contribution is 2.17. The fourth-order valence-electron chi connectivity index (χ4n) is 1.97. The largest absolute Gasteiger partial charge is 0.380 e. The second kappa shape index (κ2) is 4.55. The van der Waals surface area contributed by atoms with Crippen molar-refractivity contribution in [1.29, 1.82) is 0 Å². The number of anilines is 1. The molecule has 1 aliphatic heterocycles. The molecular weight excluding hydrogens is 216 g/mol. The molecule has 0 aliphatic carbocycles. The highest BCUT2D eigenvalue weighted by atomic mass is 16.5. The van der Waals surface area contributed by atoms with E-state index in [4.69, 9.17) is 4.74 Å². The number of nitrogens with zero attached hydrogens (tertiary/aromatic N) is 3. The van der Waals surface area contributed by atoms with Gasteiger partial charge in [0, 0.05) is 12.3 Å². The molecule has 0 bridgehead atoms. The highest BCUT2D eigenvalue weighted by Gasteiger charge is 2.14. The van der Waals surface area contributed by atoms with Crippen molar-refractivity contribution in [3.8, 4) is 5.69 Å². The van der Waals surface area contributed by atoms with Crippen molar-refractivity contribution in [2.45, 2.75) is 12.5 Å². The Hall–Kier alpha value is -1.88. The third-order valence-corrected chi connectivity index (χ3v) is 2.86. The lowest BCUT2D eigenvalue weighted by Gasteiger charge is -2.13. The zero-order valence-corrected chi connectivity index (χ0v) is 9.41. The Morgan fingerprint density at radius 1 is 1.29 bits per heavy atom. The normalized spacial score (nSPS) is 19.4. The van der Waals surface area contributed by atoms with Crippen LogP contribution in [0.4, 0.5) is 5.69 Å². The predicted octanol–water partition coefficient (Wildman–Crippen LogP) is 1.47. The van der Waals surface area contributed by atoms with E-state index in [1.165, 1.54) is 0 Å². The second-order valence-corrected chi connectivity index (χ2v) is 4.12. The van der Waals surface area contributed by atoms with Gasteiger partial charge >= 0.3 is 0 Å². The van der Waals surface area contributed by atoms with Gasteiger partial charge < -0.3 is 10.1 Å². The summed E-state index contributed by atoms with van der Waals surface area (Å²) in [6.45, 7) is 1.64. The average Bonchev–Trinajstić information content (AvgIpc) is 3.01. The molecule has 1 aromatic carbocycles. The van der Waals surface area contributed by atoms with E-state index in [1.54, 1.807) is 12.7 Å². The number of nitrogens with one attached hydrogen (secondary N) is 1. The topological polar surface area (TPSA) is 52.0 Å². The third-order valence-electron chi connectivity index (χ3n) is 2.86. The van der Waals surface area contributed by atoms with Crippen LogP contribution >= 0.6 is 0 Å². The molecule has 1 aliphatic rings. The van der Waals surface area contributed by atoms with Gasteiger partial charge in [0.1, 0.15) is 12.7 Å². The van der Waals surface area contributed by atoms with Crippen molar-refractivity contribution in [1.82, 2.24) is 14.8 Å². The van der Waals surface area contributed by atoms with Crippen molar-refractivity contribution in [3.63, 3.8) is 0 Å². The van der Waals surface area contributed by atoms with Crippen LogP contribution in [0.1, 0.15) is 6.42 Å². The zero-order chi connectivity index (χ0) is 11.5. The fraction of sp³-hybridized carbons (Fsp3) is 0.333. The first-order valence-corrected chi connectivity index (χ1v) is 5.71. The van der Waals surface area contributed by atoms with E-state index in [2.05, 4.69) is 27.6 Å². The van der Waals surface area contributed by atoms with Crippen LogP contribution < -0.4 is 5.32 Å². The number of aromatic nitrogens is 3. The molecule has 1 atom stereocenters. The zero-order valence-electron chi connectivity index (χ0n) is 9.41. The summed E-state index contributed by atoms with van der Waals surface area (Å²) in [6, 6.07) is 8.62. The molecule has 5 nitrogen and oxygen atoms in total. The Morgan fingerprint density at radius 3 is 2.94 bits per heavy atom. The van der Waals surface area contributed by atoms with Gasteiger partial charge in [-0.25, -0.2) is 0 Å². The molecule has 1 N–H and O–H groups in total. The van der Waals surface area contributed by atoms with E-state index in [-0.39, 0.29) is 0 Å². The average molecular weight is 230 g/mol. The van der Waals surface area contributed by atoms with Gasteiger partial charge in [-0.3, -0.25) is 4.57 Å². The Labute approximate surface area is 99.4 Å². The Balaban J connectivity index is 1.79. The van der Waals surface area contributed by atoms with E-state index < -0.39 is 0 Å². The van der Waals surface area contributed by atoms with Crippen molar-refractivity contribution in [2.24, 2.45) is 0 Å². The predicted molar refractivity (Wildman–Crippen MR) is 64.2 cm³/mol. The van der Waals surface area contributed by atoms with Crippen LogP contribution in [-0.2, 0) is 4.74 Å². The van der Waals surface area contributed by atoms with Crippen LogP contribution in [0.3, 0.4) is 0 Å². The first-order valence-electron chi connectivity index (χ1n) is 5.71. The lowest BCUT2D eigenvalue weighted by molar-refractivity contribution is 0.195. The maximum Gasteiger partial charge on any atom is 0.123 e. The number of benzene rings is 1. The number of rotatable bonds is 3. The SMILES string of the molecule is c1cc(NC2CCOC2)cc(-n2cnnc2)c1. The molecule has 0 spiro atoms. The van der Waals surface area contributed by atoms with E-state index in [0.717, 1.165) is 31.0 Å². The number of ether oxygens (including phenoxy) is 1. The molecule has 1 fully saturated rings. The van der Waals surface area contributed by atoms with Crippen LogP contribution in [0.25, 0.3) is 5.69 Å². The summed E-state index contributed by atoms with van der Waals surface area (Å²) in [7, 11) is 0. The van der Waals surface area contributed by atoms with E-state index >= 15 is 0 Å². The van der Waals surface area contributed by atoms with Gasteiger partial charge in [0.05, 0.1) is 18.3 Å². The molecule has 1 unspecified atom stereocenters. The van der Waals surface area contributed by atoms with E-state index in [0.29, 0.717) is 6.04 Å². The molecule has 0 saturated carbocycles. The minimum atomic E-state index is 0.422. The van der Waals surface area contributed by atoms with E-state index in [9.17, 15) is 0 Å². The molecule has 2 aromatic rings. The van der Waals surface area contributed by atoms with Crippen LogP contribution in [-0.4, -0.2) is 34.0 Å². The summed E-state index contributed by atoms with van der Waals surface area (Å²) < 4.78 is 7.23. The molecule has 17 heavy (non-hydrogen) atoms. The van der Waals surface area contributed by atoms with Gasteiger partial charge in [0.2, 0.25) is 0 Å². The minimum Gasteiger partial charge on any atom is -0.380 e. The second-order valence-electron chi connectivity index (χ2n) is 4.12. The Kier molecular flexibility index (Phi) is 2.75. The smallest absolute Gasteiger partial charge is 0.123 e. The fourth-order valence-corrected chi connectivity index (χ4v) is 1.97. The maximum atomic E-state index is 5.34. The van der Waals surface area contributed by atoms with Gasteiger partial charge in [0.25, 0.3) is 0 Å². The molecule has 0 radical (unpaired) electrons. The highest BCUT2D eigenvalue weighted by molar-refractivity contribution is 5.51. The van der Waals surface area contributed by atoms with Crippen molar-refractivity contribution in [3.05, 3.63) is 36.9 Å². The summed E-state index contributed by atoms with van der Waals surface area (Å²) in [5, 5.41) is 11.1. The maximum absolute atomic E-state index is 5.34. The lowest BCUT2D eigenvalue weighted by atomic mass is 10.2. The number of hydrogen-bond acceptors (Lipinski definition) is 4. The molecule has 3 rings (SSSR count). The quantitative estimate of drug-likeness (QED) is 0.867. The molecule has 2 heterocycles. The van der Waals surface area contributed by atoms with Gasteiger partial charge in [0.15, 0.2) is 0 Å². The van der Waals surface area contributed by atoms with Crippen LogP contribution in [0.5, 0.6) is 0 Å². The van der Waals surface area contributed by atoms with Crippen molar-refractivity contribution >= 4 is 5.69 Å². The van der Waals surface area contributed by atoms with Gasteiger partial charge in [-0.15, -0.1) is 10.2 Å². The summed E-state index contributed by atoms with van der Waals surface area (Å²) in [4.78, 5) is 0. The minimum absolute atomic E-state index is 0.422. The molecule has 5 heteroatoms. The van der Waals surface area contributed by atoms with Crippen LogP contribution in [0.2, 0.25) is 0 Å². The summed E-state index contributed by atoms with van der Waals surface area (Å²) in [5.74, 6) is 0. The molecule has 0 amide bonds. The lowest BCUT2D eigenvalue weighted by Crippen LogP contribution is -2.18. The van der Waals surface area contributed by atoms with Gasteiger partial charge in [-0.2, -0.15) is 0 Å². The molecule has 88 valence electrons. The summed E-state index contributed by atoms with van der Waals surface area (Å²) >= 11 is 0. The number of hydrogen-bond donors (Lipinski definition) is 1. The van der Waals surface area contributed by atoms with Crippen LogP contribution in [0.15, 0.2) is 36.9 Å². The molecular formula is C12H14N4O. The standard InChI is InChI=1S/C12H14N4O/c1-2-10(15-11-4-5-17-7-11)6-12(3-1)16-8-13-14-9-16/h1-3,6,8-9,11,15H,4-5,7H2. The Bertz CT molecular complexity index is 477. The monoisotopic (exact) mass is 230 g/mol. The van der Waals surface area contributed by atoms with Gasteiger partial charge in [-0.1, -0.05) is 6.07 Å². The van der Waals surface area contributed by atoms with Crippen molar-refractivity contribution in [2.75, 3.05) is 18.5 Å². The molecule has 1 aromatic heterocycles. The first-order chi connectivity index (χ1) is 8.42. The summed E-state index contributed by atoms with van der Waals surface area (Å²) in [5.41, 5.74) is 2.16. The summed E-state index contributed by atoms with van der Waals surface area (Å²) in [6.07, 6.45) is 4.45. The van der Waals surface area contributed by atoms with E-state index in [1.807, 2.05) is 16.7 Å². The first kappa shape index (κ1) is 10.3. The van der Waals surface area contributed by atoms with Gasteiger partial charge in [-0.05, 0) is 24.6 Å². The third kappa shape index (κ3) is 2.29. The van der Waals surface area contributed by atoms with Crippen molar-refractivity contribution < 1.29 is 4.74 Å². The molecule has 1 saturated heterocycles. The van der Waals surface area contributed by atoms with Crippen LogP contribution in [0, 0.1) is 0 Å².